The lowest BCUT2D eigenvalue weighted by molar-refractivity contribution is -0.117. The van der Waals surface area contributed by atoms with Crippen molar-refractivity contribution < 1.29 is 9.53 Å². The van der Waals surface area contributed by atoms with Gasteiger partial charge in [-0.1, -0.05) is 12.1 Å². The molecule has 3 heteroatoms. The van der Waals surface area contributed by atoms with Crippen molar-refractivity contribution in [2.45, 2.75) is 19.8 Å². The normalized spacial score (nSPS) is 10.4. The summed E-state index contributed by atoms with van der Waals surface area (Å²) in [5.74, 6) is 1.11. The predicted octanol–water partition coefficient (Wildman–Crippen LogP) is 3.63. The van der Waals surface area contributed by atoms with Gasteiger partial charge in [0.15, 0.2) is 0 Å². The second-order valence-electron chi connectivity index (χ2n) is 4.66. The lowest BCUT2D eigenvalue weighted by Crippen LogP contribution is -2.03. The van der Waals surface area contributed by atoms with Gasteiger partial charge >= 0.3 is 0 Å². The summed E-state index contributed by atoms with van der Waals surface area (Å²) < 4.78 is 5.21. The van der Waals surface area contributed by atoms with E-state index in [4.69, 9.17) is 4.74 Å². The van der Waals surface area contributed by atoms with E-state index in [2.05, 4.69) is 29.6 Å². The van der Waals surface area contributed by atoms with E-state index >= 15 is 0 Å². The highest BCUT2D eigenvalue weighted by atomic mass is 16.5. The average Bonchev–Trinajstić information content (AvgIpc) is 2.42. The molecular weight excluding hydrogens is 238 g/mol. The van der Waals surface area contributed by atoms with Crippen LogP contribution in [0.4, 0.5) is 5.69 Å². The molecule has 0 atom stereocenters. The van der Waals surface area contributed by atoms with Gasteiger partial charge in [-0.05, 0) is 48.4 Å². The van der Waals surface area contributed by atoms with E-state index in [0.717, 1.165) is 29.8 Å². The van der Waals surface area contributed by atoms with Gasteiger partial charge in [-0.15, -0.1) is 0 Å². The lowest BCUT2D eigenvalue weighted by atomic mass is 10.1. The molecule has 0 fully saturated rings. The highest BCUT2D eigenvalue weighted by Crippen LogP contribution is 2.23. The molecule has 0 aromatic heterocycles. The summed E-state index contributed by atoms with van der Waals surface area (Å²) in [4.78, 5) is 10.9. The summed E-state index contributed by atoms with van der Waals surface area (Å²) in [7, 11) is 1.67. The highest BCUT2D eigenvalue weighted by Gasteiger charge is 1.99. The number of ether oxygens (including phenoxy) is 1. The van der Waals surface area contributed by atoms with Crippen LogP contribution in [0.2, 0.25) is 0 Å². The van der Waals surface area contributed by atoms with Crippen molar-refractivity contribution in [3.63, 3.8) is 0 Å². The van der Waals surface area contributed by atoms with Gasteiger partial charge in [0, 0.05) is 18.7 Å². The third kappa shape index (κ3) is 3.71. The minimum Gasteiger partial charge on any atom is -0.497 e. The minimum absolute atomic E-state index is 0.243. The number of benzene rings is 2. The number of rotatable bonds is 6. The number of carbonyl (C=O) groups is 1. The van der Waals surface area contributed by atoms with Crippen molar-refractivity contribution in [1.82, 2.24) is 0 Å². The van der Waals surface area contributed by atoms with Crippen molar-refractivity contribution in [3.05, 3.63) is 36.4 Å². The molecule has 0 radical (unpaired) electrons. The Bertz CT molecular complexity index is 578. The number of anilines is 1. The molecule has 3 nitrogen and oxygen atoms in total. The molecule has 2 aromatic carbocycles. The molecule has 2 rings (SSSR count). The number of hydrogen-bond acceptors (Lipinski definition) is 3. The van der Waals surface area contributed by atoms with Gasteiger partial charge < -0.3 is 14.8 Å². The second-order valence-corrected chi connectivity index (χ2v) is 4.66. The van der Waals surface area contributed by atoms with E-state index in [1.165, 1.54) is 5.39 Å². The summed E-state index contributed by atoms with van der Waals surface area (Å²) in [6.07, 6.45) is 1.51. The van der Waals surface area contributed by atoms with Crippen LogP contribution in [0.3, 0.4) is 0 Å². The second kappa shape index (κ2) is 6.23. The monoisotopic (exact) mass is 257 g/mol. The number of ketones is 1. The van der Waals surface area contributed by atoms with Crippen molar-refractivity contribution >= 4 is 22.2 Å². The van der Waals surface area contributed by atoms with E-state index in [1.807, 2.05) is 12.1 Å². The first-order chi connectivity index (χ1) is 9.19. The van der Waals surface area contributed by atoms with Crippen LogP contribution in [0.15, 0.2) is 36.4 Å². The van der Waals surface area contributed by atoms with Gasteiger partial charge in [0.25, 0.3) is 0 Å². The zero-order valence-corrected chi connectivity index (χ0v) is 11.4. The molecule has 0 amide bonds. The van der Waals surface area contributed by atoms with E-state index in [1.54, 1.807) is 14.0 Å². The van der Waals surface area contributed by atoms with E-state index in [0.29, 0.717) is 6.42 Å². The summed E-state index contributed by atoms with van der Waals surface area (Å²) in [6.45, 7) is 2.45. The fourth-order valence-corrected chi connectivity index (χ4v) is 2.03. The quantitative estimate of drug-likeness (QED) is 0.803. The summed E-state index contributed by atoms with van der Waals surface area (Å²) in [5.41, 5.74) is 1.08. The largest absolute Gasteiger partial charge is 0.497 e. The van der Waals surface area contributed by atoms with Gasteiger partial charge in [-0.2, -0.15) is 0 Å². The van der Waals surface area contributed by atoms with Crippen LogP contribution in [-0.4, -0.2) is 19.4 Å². The molecule has 0 saturated heterocycles. The van der Waals surface area contributed by atoms with Crippen molar-refractivity contribution in [3.8, 4) is 5.75 Å². The van der Waals surface area contributed by atoms with E-state index in [-0.39, 0.29) is 5.78 Å². The van der Waals surface area contributed by atoms with Gasteiger partial charge in [0.2, 0.25) is 0 Å². The van der Waals surface area contributed by atoms with Crippen molar-refractivity contribution in [2.75, 3.05) is 19.0 Å². The smallest absolute Gasteiger partial charge is 0.129 e. The number of Topliss-reactive ketones (excluding diaryl/α,β-unsaturated/α-hetero) is 1. The zero-order valence-electron chi connectivity index (χ0n) is 11.4. The number of hydrogen-bond donors (Lipinski definition) is 1. The zero-order chi connectivity index (χ0) is 13.7. The highest BCUT2D eigenvalue weighted by molar-refractivity contribution is 5.87. The fraction of sp³-hybridized carbons (Fsp3) is 0.312. The SMILES string of the molecule is COc1ccc2cc(NCCCC(C)=O)ccc2c1. The lowest BCUT2D eigenvalue weighted by Gasteiger charge is -2.08. The molecular formula is C16H19NO2. The van der Waals surface area contributed by atoms with E-state index in [9.17, 15) is 4.79 Å². The summed E-state index contributed by atoms with van der Waals surface area (Å²) >= 11 is 0. The molecule has 19 heavy (non-hydrogen) atoms. The van der Waals surface area contributed by atoms with Crippen LogP contribution >= 0.6 is 0 Å². The fourth-order valence-electron chi connectivity index (χ4n) is 2.03. The molecule has 100 valence electrons. The Morgan fingerprint density at radius 3 is 2.63 bits per heavy atom. The Morgan fingerprint density at radius 1 is 1.16 bits per heavy atom. The predicted molar refractivity (Wildman–Crippen MR) is 78.9 cm³/mol. The Balaban J connectivity index is 2.03. The first kappa shape index (κ1) is 13.4. The molecule has 0 aliphatic heterocycles. The van der Waals surface area contributed by atoms with Crippen LogP contribution < -0.4 is 10.1 Å². The molecule has 0 saturated carbocycles. The third-order valence-corrected chi connectivity index (χ3v) is 3.08. The molecule has 0 bridgehead atoms. The maximum Gasteiger partial charge on any atom is 0.129 e. The minimum atomic E-state index is 0.243. The third-order valence-electron chi connectivity index (χ3n) is 3.08. The molecule has 0 aliphatic carbocycles. The first-order valence-electron chi connectivity index (χ1n) is 6.50. The molecule has 0 unspecified atom stereocenters. The van der Waals surface area contributed by atoms with Crippen LogP contribution in [0.1, 0.15) is 19.8 Å². The molecule has 0 spiro atoms. The van der Waals surface area contributed by atoms with Gasteiger partial charge in [0.05, 0.1) is 7.11 Å². The Labute approximate surface area is 113 Å². The Morgan fingerprint density at radius 2 is 1.89 bits per heavy atom. The topological polar surface area (TPSA) is 38.3 Å². The van der Waals surface area contributed by atoms with Crippen LogP contribution in [0, 0.1) is 0 Å². The van der Waals surface area contributed by atoms with Crippen LogP contribution in [0.5, 0.6) is 5.75 Å². The maximum absolute atomic E-state index is 10.9. The number of methoxy groups -OCH3 is 1. The van der Waals surface area contributed by atoms with Crippen LogP contribution in [-0.2, 0) is 4.79 Å². The first-order valence-corrected chi connectivity index (χ1v) is 6.50. The number of nitrogens with one attached hydrogen (secondary N) is 1. The summed E-state index contributed by atoms with van der Waals surface area (Å²) in [6, 6.07) is 12.3. The van der Waals surface area contributed by atoms with Crippen molar-refractivity contribution in [2.24, 2.45) is 0 Å². The van der Waals surface area contributed by atoms with E-state index < -0.39 is 0 Å². The maximum atomic E-state index is 10.9. The van der Waals surface area contributed by atoms with Gasteiger partial charge in [0.1, 0.15) is 11.5 Å². The Hall–Kier alpha value is -2.03. The molecule has 1 N–H and O–H groups in total. The average molecular weight is 257 g/mol. The standard InChI is InChI=1S/C16H19NO2/c1-12(18)4-3-9-17-15-7-5-14-11-16(19-2)8-6-13(14)10-15/h5-8,10-11,17H,3-4,9H2,1-2H3. The van der Waals surface area contributed by atoms with Gasteiger partial charge in [-0.3, -0.25) is 0 Å². The van der Waals surface area contributed by atoms with Crippen molar-refractivity contribution in [1.29, 1.82) is 0 Å². The van der Waals surface area contributed by atoms with Crippen LogP contribution in [0.25, 0.3) is 10.8 Å². The molecule has 2 aromatic rings. The molecule has 0 heterocycles. The summed E-state index contributed by atoms with van der Waals surface area (Å²) in [5, 5.41) is 5.68. The number of fused-ring (bicyclic) bond motifs is 1. The van der Waals surface area contributed by atoms with Gasteiger partial charge in [-0.25, -0.2) is 0 Å². The number of carbonyl (C=O) groups excluding carboxylic acids is 1. The Kier molecular flexibility index (Phi) is 4.39. The molecule has 0 aliphatic rings.